The van der Waals surface area contributed by atoms with E-state index in [4.69, 9.17) is 4.42 Å². The first-order valence-electron chi connectivity index (χ1n) is 9.80. The number of rotatable bonds is 9. The Bertz CT molecular complexity index is 952. The van der Waals surface area contributed by atoms with E-state index >= 15 is 0 Å². The van der Waals surface area contributed by atoms with Crippen LogP contribution < -0.4 is 9.47 Å². The molecule has 0 aliphatic rings. The monoisotopic (exact) mass is 462 g/mol. The Hall–Kier alpha value is -2.84. The lowest BCUT2D eigenvalue weighted by atomic mass is 10.1. The second-order valence-corrected chi connectivity index (χ2v) is 7.56. The first-order valence-corrected chi connectivity index (χ1v) is 9.80. The molecule has 0 atom stereocenters. The molecule has 0 saturated heterocycles. The van der Waals surface area contributed by atoms with Crippen LogP contribution >= 0.6 is 0 Å². The Labute approximate surface area is 182 Å². The van der Waals surface area contributed by atoms with Gasteiger partial charge in [0, 0.05) is 11.5 Å². The van der Waals surface area contributed by atoms with E-state index in [-0.39, 0.29) is 16.7 Å². The zero-order valence-electron chi connectivity index (χ0n) is 17.9. The fourth-order valence-electron chi connectivity index (χ4n) is 2.94. The molecule has 9 heteroatoms. The highest BCUT2D eigenvalue weighted by Crippen LogP contribution is 2.40. The Kier molecular flexibility index (Phi) is 8.09. The zero-order valence-corrected chi connectivity index (χ0v) is 17.9. The molecule has 0 N–H and O–H groups in total. The van der Waals surface area contributed by atoms with E-state index in [0.717, 1.165) is 18.9 Å². The highest BCUT2D eigenvalue weighted by Gasteiger charge is 2.37. The Morgan fingerprint density at radius 2 is 1.44 bits per heavy atom. The predicted octanol–water partition coefficient (Wildman–Crippen LogP) is 8.72. The van der Waals surface area contributed by atoms with Crippen molar-refractivity contribution in [2.75, 3.05) is 0 Å². The van der Waals surface area contributed by atoms with E-state index in [1.807, 2.05) is 20.8 Å². The van der Waals surface area contributed by atoms with E-state index < -0.39 is 24.2 Å². The van der Waals surface area contributed by atoms with Crippen molar-refractivity contribution in [3.63, 3.8) is 0 Å². The topological polar surface area (TPSA) is 31.6 Å². The fourth-order valence-corrected chi connectivity index (χ4v) is 2.94. The maximum absolute atomic E-state index is 12.6. The zero-order chi connectivity index (χ0) is 24.1. The van der Waals surface area contributed by atoms with Crippen LogP contribution in [0.5, 0.6) is 11.5 Å². The van der Waals surface area contributed by atoms with Crippen LogP contribution in [-0.2, 0) is 0 Å². The second-order valence-electron chi connectivity index (χ2n) is 7.56. The first-order chi connectivity index (χ1) is 14.7. The lowest BCUT2D eigenvalue weighted by Crippen LogP contribution is -2.21. The van der Waals surface area contributed by atoms with Crippen molar-refractivity contribution in [3.8, 4) is 11.5 Å². The van der Waals surface area contributed by atoms with Gasteiger partial charge in [-0.15, -0.1) is 26.3 Å². The molecule has 0 amide bonds. The van der Waals surface area contributed by atoms with Gasteiger partial charge in [-0.2, -0.15) is 0 Å². The third-order valence-corrected chi connectivity index (χ3v) is 4.41. The highest BCUT2D eigenvalue weighted by molar-refractivity contribution is 5.85. The van der Waals surface area contributed by atoms with Crippen LogP contribution in [0.4, 0.5) is 26.3 Å². The van der Waals surface area contributed by atoms with Crippen molar-refractivity contribution in [2.45, 2.75) is 59.2 Å². The van der Waals surface area contributed by atoms with Crippen molar-refractivity contribution in [1.82, 2.24) is 0 Å². The summed E-state index contributed by atoms with van der Waals surface area (Å²) in [6.45, 7) is 10.0. The summed E-state index contributed by atoms with van der Waals surface area (Å²) in [5, 5.41) is 0.128. The van der Waals surface area contributed by atoms with E-state index in [1.54, 1.807) is 0 Å². The molecule has 0 aliphatic carbocycles. The average molecular weight is 462 g/mol. The second kappa shape index (κ2) is 10.2. The first kappa shape index (κ1) is 25.4. The highest BCUT2D eigenvalue weighted by atomic mass is 19.4. The summed E-state index contributed by atoms with van der Waals surface area (Å²) in [5.74, 6) is -2.00. The van der Waals surface area contributed by atoms with Crippen LogP contribution in [0.25, 0.3) is 16.5 Å². The Morgan fingerprint density at radius 3 is 2.00 bits per heavy atom. The minimum Gasteiger partial charge on any atom is -0.456 e. The van der Waals surface area contributed by atoms with Gasteiger partial charge in [0.15, 0.2) is 11.5 Å². The molecule has 0 fully saturated rings. The normalized spacial score (nSPS) is 12.7. The summed E-state index contributed by atoms with van der Waals surface area (Å²) < 4.78 is 88.5. The predicted molar refractivity (Wildman–Crippen MR) is 110 cm³/mol. The molecule has 0 saturated carbocycles. The molecule has 2 aromatic rings. The van der Waals surface area contributed by atoms with Gasteiger partial charge in [-0.05, 0) is 64.2 Å². The minimum atomic E-state index is -5.20. The van der Waals surface area contributed by atoms with Crippen LogP contribution in [0, 0.1) is 0 Å². The van der Waals surface area contributed by atoms with Gasteiger partial charge in [0.25, 0.3) is 0 Å². The summed E-state index contributed by atoms with van der Waals surface area (Å²) in [6.07, 6.45) is -3.13. The number of hydrogen-bond acceptors (Lipinski definition) is 3. The molecular weight excluding hydrogens is 438 g/mol. The molecule has 3 nitrogen and oxygen atoms in total. The molecule has 0 radical (unpaired) electrons. The average Bonchev–Trinajstić information content (AvgIpc) is 3.02. The van der Waals surface area contributed by atoms with E-state index in [2.05, 4.69) is 28.2 Å². The van der Waals surface area contributed by atoms with Crippen molar-refractivity contribution in [1.29, 1.82) is 0 Å². The quantitative estimate of drug-likeness (QED) is 0.276. The van der Waals surface area contributed by atoms with E-state index in [1.165, 1.54) is 17.2 Å². The fraction of sp³-hybridized carbons (Fsp3) is 0.391. The summed E-state index contributed by atoms with van der Waals surface area (Å²) in [6, 6.07) is 2.91. The molecule has 0 bridgehead atoms. The molecule has 1 heterocycles. The van der Waals surface area contributed by atoms with Crippen molar-refractivity contribution >= 4 is 16.5 Å². The molecule has 1 aromatic heterocycles. The number of fused-ring (bicyclic) bond motifs is 1. The van der Waals surface area contributed by atoms with E-state index in [0.29, 0.717) is 24.5 Å². The number of halogens is 6. The number of hydrogen-bond donors (Lipinski definition) is 0. The SMILES string of the molecule is C=C(CC/C=C(\C)CCC=C(C)C)c1cc2cc(OC(F)(F)F)c(OC(F)(F)F)cc2o1. The number of furan rings is 1. The van der Waals surface area contributed by atoms with Crippen LogP contribution in [-0.4, -0.2) is 12.7 Å². The van der Waals surface area contributed by atoms with Gasteiger partial charge < -0.3 is 13.9 Å². The standard InChI is InChI=1S/C23H24F6O3/c1-14(2)7-5-8-15(3)9-6-10-16(4)18-11-17-12-20(31-22(24,25)26)21(13-19(17)30-18)32-23(27,28)29/h7,9,11-13H,4-6,8,10H2,1-3H3/b15-9+. The number of ether oxygens (including phenoxy) is 2. The molecule has 2 rings (SSSR count). The van der Waals surface area contributed by atoms with E-state index in [9.17, 15) is 26.3 Å². The van der Waals surface area contributed by atoms with Crippen molar-refractivity contribution in [3.05, 3.63) is 53.8 Å². The summed E-state index contributed by atoms with van der Waals surface area (Å²) in [5.41, 5.74) is 2.95. The summed E-state index contributed by atoms with van der Waals surface area (Å²) in [4.78, 5) is 0. The van der Waals surface area contributed by atoms with Gasteiger partial charge >= 0.3 is 12.7 Å². The number of alkyl halides is 6. The lowest BCUT2D eigenvalue weighted by Gasteiger charge is -2.15. The largest absolute Gasteiger partial charge is 0.573 e. The molecule has 176 valence electrons. The van der Waals surface area contributed by atoms with Gasteiger partial charge in [-0.3, -0.25) is 0 Å². The summed E-state index contributed by atoms with van der Waals surface area (Å²) in [7, 11) is 0. The third kappa shape index (κ3) is 8.36. The molecule has 32 heavy (non-hydrogen) atoms. The third-order valence-electron chi connectivity index (χ3n) is 4.41. The minimum absolute atomic E-state index is 0.0802. The molecule has 0 aliphatic heterocycles. The molecule has 0 spiro atoms. The van der Waals surface area contributed by atoms with Crippen LogP contribution in [0.2, 0.25) is 0 Å². The van der Waals surface area contributed by atoms with Gasteiger partial charge in [0.1, 0.15) is 11.3 Å². The molecule has 1 aromatic carbocycles. The van der Waals surface area contributed by atoms with Gasteiger partial charge in [-0.1, -0.05) is 29.9 Å². The molecular formula is C23H24F6O3. The lowest BCUT2D eigenvalue weighted by molar-refractivity contribution is -0.287. The van der Waals surface area contributed by atoms with Crippen LogP contribution in [0.15, 0.2) is 52.5 Å². The Balaban J connectivity index is 2.17. The maximum Gasteiger partial charge on any atom is 0.573 e. The smallest absolute Gasteiger partial charge is 0.456 e. The number of allylic oxidation sites excluding steroid dienone is 5. The van der Waals surface area contributed by atoms with Crippen LogP contribution in [0.3, 0.4) is 0 Å². The van der Waals surface area contributed by atoms with Gasteiger partial charge in [0.05, 0.1) is 0 Å². The van der Waals surface area contributed by atoms with Gasteiger partial charge in [-0.25, -0.2) is 0 Å². The maximum atomic E-state index is 12.6. The van der Waals surface area contributed by atoms with Crippen molar-refractivity contribution in [2.24, 2.45) is 0 Å². The van der Waals surface area contributed by atoms with Crippen molar-refractivity contribution < 1.29 is 40.2 Å². The van der Waals surface area contributed by atoms with Gasteiger partial charge in [0.2, 0.25) is 0 Å². The number of benzene rings is 1. The Morgan fingerprint density at radius 1 is 0.875 bits per heavy atom. The van der Waals surface area contributed by atoms with Crippen LogP contribution in [0.1, 0.15) is 52.2 Å². The molecule has 0 unspecified atom stereocenters. The summed E-state index contributed by atoms with van der Waals surface area (Å²) >= 11 is 0.